The number of aromatic nitrogens is 1. The molecule has 1 atom stereocenters. The van der Waals surface area contributed by atoms with Gasteiger partial charge in [0.2, 0.25) is 5.89 Å². The molecule has 0 spiro atoms. The molecule has 1 unspecified atom stereocenters. The van der Waals surface area contributed by atoms with Crippen LogP contribution in [0.25, 0.3) is 0 Å². The van der Waals surface area contributed by atoms with Crippen molar-refractivity contribution in [2.75, 3.05) is 13.2 Å². The number of nitro benzene ring substituents is 1. The van der Waals surface area contributed by atoms with Crippen LogP contribution in [-0.2, 0) is 6.42 Å². The van der Waals surface area contributed by atoms with Gasteiger partial charge in [-0.3, -0.25) is 14.9 Å². The number of aliphatic hydroxyl groups is 1. The Morgan fingerprint density at radius 3 is 2.74 bits per heavy atom. The second-order valence-corrected chi connectivity index (χ2v) is 4.79. The van der Waals surface area contributed by atoms with Gasteiger partial charge in [0, 0.05) is 18.7 Å². The molecular weight excluding hydrogens is 304 g/mol. The van der Waals surface area contributed by atoms with Crippen molar-refractivity contribution in [2.24, 2.45) is 5.73 Å². The predicted octanol–water partition coefficient (Wildman–Crippen LogP) is 0.547. The van der Waals surface area contributed by atoms with E-state index in [1.165, 1.54) is 18.4 Å². The van der Waals surface area contributed by atoms with Gasteiger partial charge >= 0.3 is 0 Å². The Morgan fingerprint density at radius 2 is 2.13 bits per heavy atom. The standard InChI is InChI=1S/C14H16N4O5/c15-11(7-19)14-17-12(8-23-14)13(20)16-6-5-9-1-3-10(4-2-9)18(21)22/h1-4,8,11,19H,5-7,15H2,(H,16,20). The Labute approximate surface area is 131 Å². The van der Waals surface area contributed by atoms with Crippen molar-refractivity contribution in [3.63, 3.8) is 0 Å². The zero-order valence-electron chi connectivity index (χ0n) is 12.1. The third kappa shape index (κ3) is 4.34. The van der Waals surface area contributed by atoms with Crippen molar-refractivity contribution in [2.45, 2.75) is 12.5 Å². The van der Waals surface area contributed by atoms with Crippen molar-refractivity contribution in [3.05, 3.63) is 57.8 Å². The van der Waals surface area contributed by atoms with Crippen LogP contribution >= 0.6 is 0 Å². The fraction of sp³-hybridized carbons (Fsp3) is 0.286. The summed E-state index contributed by atoms with van der Waals surface area (Å²) in [7, 11) is 0. The lowest BCUT2D eigenvalue weighted by molar-refractivity contribution is -0.384. The highest BCUT2D eigenvalue weighted by molar-refractivity contribution is 5.91. The van der Waals surface area contributed by atoms with Crippen LogP contribution in [0.5, 0.6) is 0 Å². The first kappa shape index (κ1) is 16.6. The van der Waals surface area contributed by atoms with Crippen LogP contribution in [0.1, 0.15) is 28.0 Å². The number of aliphatic hydroxyl groups excluding tert-OH is 1. The van der Waals surface area contributed by atoms with Crippen molar-refractivity contribution in [1.82, 2.24) is 10.3 Å². The van der Waals surface area contributed by atoms with E-state index in [1.807, 2.05) is 0 Å². The summed E-state index contributed by atoms with van der Waals surface area (Å²) in [4.78, 5) is 25.9. The zero-order chi connectivity index (χ0) is 16.8. The molecule has 1 amide bonds. The van der Waals surface area contributed by atoms with Crippen molar-refractivity contribution in [1.29, 1.82) is 0 Å². The van der Waals surface area contributed by atoms with Gasteiger partial charge in [0.25, 0.3) is 11.6 Å². The number of non-ortho nitro benzene ring substituents is 1. The van der Waals surface area contributed by atoms with Crippen molar-refractivity contribution < 1.29 is 19.2 Å². The fourth-order valence-electron chi connectivity index (χ4n) is 1.84. The molecule has 4 N–H and O–H groups in total. The van der Waals surface area contributed by atoms with Gasteiger partial charge in [0.15, 0.2) is 5.69 Å². The first-order chi connectivity index (χ1) is 11.0. The van der Waals surface area contributed by atoms with E-state index in [4.69, 9.17) is 15.3 Å². The van der Waals surface area contributed by atoms with E-state index in [1.54, 1.807) is 12.1 Å². The summed E-state index contributed by atoms with van der Waals surface area (Å²) in [6.45, 7) is 0.00656. The van der Waals surface area contributed by atoms with E-state index in [2.05, 4.69) is 10.3 Å². The average molecular weight is 320 g/mol. The van der Waals surface area contributed by atoms with E-state index in [0.717, 1.165) is 5.56 Å². The molecule has 0 saturated heterocycles. The molecule has 2 aromatic rings. The lowest BCUT2D eigenvalue weighted by Gasteiger charge is -2.03. The second-order valence-electron chi connectivity index (χ2n) is 4.79. The fourth-order valence-corrected chi connectivity index (χ4v) is 1.84. The van der Waals surface area contributed by atoms with Gasteiger partial charge in [-0.15, -0.1) is 0 Å². The van der Waals surface area contributed by atoms with Gasteiger partial charge in [-0.25, -0.2) is 4.98 Å². The van der Waals surface area contributed by atoms with Gasteiger partial charge in [0.1, 0.15) is 12.3 Å². The molecule has 1 heterocycles. The minimum absolute atomic E-state index is 0.0214. The molecule has 0 aliphatic heterocycles. The summed E-state index contributed by atoms with van der Waals surface area (Å²) in [6, 6.07) is 5.34. The molecule has 2 rings (SSSR count). The number of rotatable bonds is 7. The highest BCUT2D eigenvalue weighted by atomic mass is 16.6. The molecule has 23 heavy (non-hydrogen) atoms. The summed E-state index contributed by atoms with van der Waals surface area (Å²) in [6.07, 6.45) is 1.69. The normalized spacial score (nSPS) is 11.9. The molecule has 0 aliphatic rings. The molecule has 9 heteroatoms. The molecule has 122 valence electrons. The highest BCUT2D eigenvalue weighted by Gasteiger charge is 2.16. The summed E-state index contributed by atoms with van der Waals surface area (Å²) < 4.78 is 5.02. The molecule has 0 radical (unpaired) electrons. The minimum Gasteiger partial charge on any atom is -0.446 e. The number of nitrogens with one attached hydrogen (secondary N) is 1. The van der Waals surface area contributed by atoms with E-state index < -0.39 is 16.9 Å². The molecule has 0 saturated carbocycles. The number of nitrogens with zero attached hydrogens (tertiary/aromatic N) is 2. The number of hydrogen-bond donors (Lipinski definition) is 3. The Bertz CT molecular complexity index is 683. The van der Waals surface area contributed by atoms with Crippen LogP contribution in [0.15, 0.2) is 34.9 Å². The van der Waals surface area contributed by atoms with Gasteiger partial charge < -0.3 is 20.6 Å². The maximum Gasteiger partial charge on any atom is 0.273 e. The Balaban J connectivity index is 1.84. The minimum atomic E-state index is -0.767. The number of carbonyl (C=O) groups is 1. The number of hydrogen-bond acceptors (Lipinski definition) is 7. The lowest BCUT2D eigenvalue weighted by atomic mass is 10.1. The Kier molecular flexibility index (Phi) is 5.39. The number of nitrogens with two attached hydrogens (primary N) is 1. The molecular formula is C14H16N4O5. The smallest absolute Gasteiger partial charge is 0.273 e. The number of oxazole rings is 1. The number of benzene rings is 1. The van der Waals surface area contributed by atoms with E-state index in [-0.39, 0.29) is 23.9 Å². The lowest BCUT2D eigenvalue weighted by Crippen LogP contribution is -2.26. The van der Waals surface area contributed by atoms with Crippen LogP contribution in [0, 0.1) is 10.1 Å². The number of carbonyl (C=O) groups excluding carboxylic acids is 1. The van der Waals surface area contributed by atoms with Crippen LogP contribution < -0.4 is 11.1 Å². The van der Waals surface area contributed by atoms with E-state index in [9.17, 15) is 14.9 Å². The maximum absolute atomic E-state index is 11.9. The number of amides is 1. The topological polar surface area (TPSA) is 145 Å². The van der Waals surface area contributed by atoms with Crippen molar-refractivity contribution in [3.8, 4) is 0 Å². The van der Waals surface area contributed by atoms with Crippen molar-refractivity contribution >= 4 is 11.6 Å². The van der Waals surface area contributed by atoms with Crippen LogP contribution in [0.3, 0.4) is 0 Å². The van der Waals surface area contributed by atoms with Gasteiger partial charge in [-0.2, -0.15) is 0 Å². The number of nitro groups is 1. The zero-order valence-corrected chi connectivity index (χ0v) is 12.1. The molecule has 0 aliphatic carbocycles. The molecule has 0 bridgehead atoms. The summed E-state index contributed by atoms with van der Waals surface area (Å²) in [5.41, 5.74) is 6.49. The van der Waals surface area contributed by atoms with E-state index >= 15 is 0 Å². The van der Waals surface area contributed by atoms with Gasteiger partial charge in [-0.05, 0) is 12.0 Å². The second kappa shape index (κ2) is 7.47. The van der Waals surface area contributed by atoms with Gasteiger partial charge in [-0.1, -0.05) is 12.1 Å². The summed E-state index contributed by atoms with van der Waals surface area (Å²) in [5, 5.41) is 22.1. The highest BCUT2D eigenvalue weighted by Crippen LogP contribution is 2.12. The molecule has 9 nitrogen and oxygen atoms in total. The SMILES string of the molecule is NC(CO)c1nc(C(=O)NCCc2ccc([N+](=O)[O-])cc2)co1. The van der Waals surface area contributed by atoms with Crippen LogP contribution in [0.4, 0.5) is 5.69 Å². The summed E-state index contributed by atoms with van der Waals surface area (Å²) in [5.74, 6) is -0.333. The molecule has 1 aromatic carbocycles. The van der Waals surface area contributed by atoms with Crippen LogP contribution in [0.2, 0.25) is 0 Å². The third-order valence-electron chi connectivity index (χ3n) is 3.11. The average Bonchev–Trinajstić information content (AvgIpc) is 3.04. The first-order valence-corrected chi connectivity index (χ1v) is 6.84. The Hall–Kier alpha value is -2.78. The Morgan fingerprint density at radius 1 is 1.43 bits per heavy atom. The molecule has 0 fully saturated rings. The van der Waals surface area contributed by atoms with Crippen LogP contribution in [-0.4, -0.2) is 34.1 Å². The first-order valence-electron chi connectivity index (χ1n) is 6.84. The third-order valence-corrected chi connectivity index (χ3v) is 3.11. The van der Waals surface area contributed by atoms with Gasteiger partial charge in [0.05, 0.1) is 11.5 Å². The maximum atomic E-state index is 11.9. The predicted molar refractivity (Wildman–Crippen MR) is 79.7 cm³/mol. The monoisotopic (exact) mass is 320 g/mol. The summed E-state index contributed by atoms with van der Waals surface area (Å²) >= 11 is 0. The molecule has 1 aromatic heterocycles. The largest absolute Gasteiger partial charge is 0.446 e. The quantitative estimate of drug-likeness (QED) is 0.499. The van der Waals surface area contributed by atoms with E-state index in [0.29, 0.717) is 13.0 Å².